The SMILES string of the molecule is CCCc1cccc(C(=O)C(F)F)c1. The summed E-state index contributed by atoms with van der Waals surface area (Å²) >= 11 is 0. The molecule has 76 valence electrons. The van der Waals surface area contributed by atoms with Gasteiger partial charge in [0.1, 0.15) is 0 Å². The van der Waals surface area contributed by atoms with E-state index in [1.54, 1.807) is 6.07 Å². The predicted molar refractivity (Wildman–Crippen MR) is 50.8 cm³/mol. The van der Waals surface area contributed by atoms with Crippen molar-refractivity contribution in [2.45, 2.75) is 26.2 Å². The quantitative estimate of drug-likeness (QED) is 0.679. The van der Waals surface area contributed by atoms with E-state index < -0.39 is 12.2 Å². The molecule has 0 atom stereocenters. The first kappa shape index (κ1) is 10.8. The number of halogens is 2. The second-order valence-electron chi connectivity index (χ2n) is 3.12. The van der Waals surface area contributed by atoms with E-state index in [-0.39, 0.29) is 5.56 Å². The highest BCUT2D eigenvalue weighted by atomic mass is 19.3. The smallest absolute Gasteiger partial charge is 0.288 e. The molecule has 1 aromatic rings. The fourth-order valence-electron chi connectivity index (χ4n) is 1.29. The van der Waals surface area contributed by atoms with Crippen LogP contribution < -0.4 is 0 Å². The highest BCUT2D eigenvalue weighted by molar-refractivity contribution is 5.98. The van der Waals surface area contributed by atoms with E-state index in [2.05, 4.69) is 0 Å². The molecule has 3 heteroatoms. The van der Waals surface area contributed by atoms with Crippen LogP contribution in [0, 0.1) is 0 Å². The topological polar surface area (TPSA) is 17.1 Å². The first-order valence-electron chi connectivity index (χ1n) is 4.56. The highest BCUT2D eigenvalue weighted by Crippen LogP contribution is 2.11. The van der Waals surface area contributed by atoms with Crippen molar-refractivity contribution in [1.82, 2.24) is 0 Å². The lowest BCUT2D eigenvalue weighted by molar-refractivity contribution is 0.0678. The number of hydrogen-bond acceptors (Lipinski definition) is 1. The van der Waals surface area contributed by atoms with Gasteiger partial charge in [-0.2, -0.15) is 0 Å². The lowest BCUT2D eigenvalue weighted by atomic mass is 10.0. The predicted octanol–water partition coefficient (Wildman–Crippen LogP) is 3.09. The molecule has 0 aliphatic heterocycles. The number of aryl methyl sites for hydroxylation is 1. The molecule has 1 nitrogen and oxygen atoms in total. The molecule has 14 heavy (non-hydrogen) atoms. The van der Waals surface area contributed by atoms with Gasteiger partial charge in [-0.3, -0.25) is 4.79 Å². The van der Waals surface area contributed by atoms with Gasteiger partial charge in [0.25, 0.3) is 0 Å². The molecule has 0 aromatic heterocycles. The van der Waals surface area contributed by atoms with Crippen LogP contribution >= 0.6 is 0 Å². The largest absolute Gasteiger partial charge is 0.300 e. The maximum absolute atomic E-state index is 12.1. The molecule has 0 N–H and O–H groups in total. The molecule has 0 spiro atoms. The van der Waals surface area contributed by atoms with E-state index in [0.717, 1.165) is 18.4 Å². The van der Waals surface area contributed by atoms with Crippen LogP contribution in [0.3, 0.4) is 0 Å². The Hall–Kier alpha value is -1.25. The molecular weight excluding hydrogens is 186 g/mol. The van der Waals surface area contributed by atoms with Crippen molar-refractivity contribution in [3.8, 4) is 0 Å². The van der Waals surface area contributed by atoms with Gasteiger partial charge in [0.2, 0.25) is 5.78 Å². The Morgan fingerprint density at radius 2 is 2.14 bits per heavy atom. The summed E-state index contributed by atoms with van der Waals surface area (Å²) in [4.78, 5) is 11.0. The van der Waals surface area contributed by atoms with Gasteiger partial charge in [-0.05, 0) is 18.1 Å². The molecule has 0 fully saturated rings. The van der Waals surface area contributed by atoms with Gasteiger partial charge < -0.3 is 0 Å². The number of benzene rings is 1. The van der Waals surface area contributed by atoms with Crippen molar-refractivity contribution < 1.29 is 13.6 Å². The molecule has 0 heterocycles. The molecule has 0 saturated carbocycles. The molecular formula is C11H12F2O. The summed E-state index contributed by atoms with van der Waals surface area (Å²) < 4.78 is 24.2. The molecule has 1 rings (SSSR count). The fourth-order valence-corrected chi connectivity index (χ4v) is 1.29. The van der Waals surface area contributed by atoms with Crippen LogP contribution in [-0.4, -0.2) is 12.2 Å². The van der Waals surface area contributed by atoms with Crippen LogP contribution in [0.15, 0.2) is 24.3 Å². The minimum Gasteiger partial charge on any atom is -0.288 e. The van der Waals surface area contributed by atoms with Crippen molar-refractivity contribution in [1.29, 1.82) is 0 Å². The number of Topliss-reactive ketones (excluding diaryl/α,β-unsaturated/α-hetero) is 1. The Kier molecular flexibility index (Phi) is 3.74. The summed E-state index contributed by atoms with van der Waals surface area (Å²) in [6.07, 6.45) is -1.16. The number of alkyl halides is 2. The van der Waals surface area contributed by atoms with Crippen LogP contribution in [-0.2, 0) is 6.42 Å². The average Bonchev–Trinajstić information content (AvgIpc) is 2.17. The van der Waals surface area contributed by atoms with E-state index in [4.69, 9.17) is 0 Å². The maximum atomic E-state index is 12.1. The van der Waals surface area contributed by atoms with Gasteiger partial charge in [0.15, 0.2) is 0 Å². The zero-order valence-corrected chi connectivity index (χ0v) is 7.97. The summed E-state index contributed by atoms with van der Waals surface area (Å²) in [6.45, 7) is 2.00. The zero-order chi connectivity index (χ0) is 10.6. The van der Waals surface area contributed by atoms with E-state index >= 15 is 0 Å². The monoisotopic (exact) mass is 198 g/mol. The van der Waals surface area contributed by atoms with Crippen molar-refractivity contribution >= 4 is 5.78 Å². The summed E-state index contributed by atoms with van der Waals surface area (Å²) in [7, 11) is 0. The van der Waals surface area contributed by atoms with Crippen LogP contribution in [0.5, 0.6) is 0 Å². The minimum absolute atomic E-state index is 0.103. The fraction of sp³-hybridized carbons (Fsp3) is 0.364. The second-order valence-corrected chi connectivity index (χ2v) is 3.12. The highest BCUT2D eigenvalue weighted by Gasteiger charge is 2.17. The normalized spacial score (nSPS) is 10.6. The third-order valence-electron chi connectivity index (χ3n) is 1.95. The van der Waals surface area contributed by atoms with E-state index in [1.165, 1.54) is 12.1 Å². The Bertz CT molecular complexity index is 321. The minimum atomic E-state index is -2.91. The van der Waals surface area contributed by atoms with Crippen molar-refractivity contribution in [2.24, 2.45) is 0 Å². The molecule has 0 saturated heterocycles. The molecule has 1 aromatic carbocycles. The molecule has 0 aliphatic carbocycles. The van der Waals surface area contributed by atoms with Gasteiger partial charge in [0, 0.05) is 5.56 Å². The molecule has 0 bridgehead atoms. The zero-order valence-electron chi connectivity index (χ0n) is 7.97. The van der Waals surface area contributed by atoms with Crippen LogP contribution in [0.4, 0.5) is 8.78 Å². The summed E-state index contributed by atoms with van der Waals surface area (Å²) in [5.41, 5.74) is 1.03. The van der Waals surface area contributed by atoms with Gasteiger partial charge >= 0.3 is 6.43 Å². The van der Waals surface area contributed by atoms with Crippen molar-refractivity contribution in [3.05, 3.63) is 35.4 Å². The summed E-state index contributed by atoms with van der Waals surface area (Å²) in [5.74, 6) is -1.09. The Labute approximate surface area is 81.7 Å². The Balaban J connectivity index is 2.88. The maximum Gasteiger partial charge on any atom is 0.300 e. The molecule has 0 unspecified atom stereocenters. The van der Waals surface area contributed by atoms with E-state index in [1.807, 2.05) is 13.0 Å². The molecule has 0 amide bonds. The summed E-state index contributed by atoms with van der Waals surface area (Å²) in [5, 5.41) is 0. The van der Waals surface area contributed by atoms with Gasteiger partial charge in [-0.25, -0.2) is 8.78 Å². The summed E-state index contributed by atoms with van der Waals surface area (Å²) in [6, 6.07) is 6.44. The average molecular weight is 198 g/mol. The van der Waals surface area contributed by atoms with Gasteiger partial charge in [-0.1, -0.05) is 31.5 Å². The van der Waals surface area contributed by atoms with E-state index in [9.17, 15) is 13.6 Å². The second kappa shape index (κ2) is 4.84. The number of carbonyl (C=O) groups excluding carboxylic acids is 1. The first-order valence-corrected chi connectivity index (χ1v) is 4.56. The third-order valence-corrected chi connectivity index (χ3v) is 1.95. The third kappa shape index (κ3) is 2.62. The molecule has 0 aliphatic rings. The standard InChI is InChI=1S/C11H12F2O/c1-2-4-8-5-3-6-9(7-8)10(14)11(12)13/h3,5-7,11H,2,4H2,1H3. The lowest BCUT2D eigenvalue weighted by Crippen LogP contribution is -2.10. The van der Waals surface area contributed by atoms with Crippen molar-refractivity contribution in [3.63, 3.8) is 0 Å². The molecule has 0 radical (unpaired) electrons. The van der Waals surface area contributed by atoms with Crippen LogP contribution in [0.25, 0.3) is 0 Å². The lowest BCUT2D eigenvalue weighted by Gasteiger charge is -2.02. The van der Waals surface area contributed by atoms with Crippen molar-refractivity contribution in [2.75, 3.05) is 0 Å². The Morgan fingerprint density at radius 1 is 1.43 bits per heavy atom. The number of hydrogen-bond donors (Lipinski definition) is 0. The number of rotatable bonds is 4. The van der Waals surface area contributed by atoms with Gasteiger partial charge in [0.05, 0.1) is 0 Å². The number of carbonyl (C=O) groups is 1. The van der Waals surface area contributed by atoms with E-state index in [0.29, 0.717) is 0 Å². The Morgan fingerprint density at radius 3 is 2.71 bits per heavy atom. The van der Waals surface area contributed by atoms with Gasteiger partial charge in [-0.15, -0.1) is 0 Å². The van der Waals surface area contributed by atoms with Crippen LogP contribution in [0.2, 0.25) is 0 Å². The first-order chi connectivity index (χ1) is 6.65. The van der Waals surface area contributed by atoms with Crippen LogP contribution in [0.1, 0.15) is 29.3 Å². The number of ketones is 1.